The van der Waals surface area contributed by atoms with Crippen molar-refractivity contribution in [1.82, 2.24) is 19.9 Å². The number of rotatable bonds is 6. The first-order valence-electron chi connectivity index (χ1n) is 10.5. The molecule has 0 aliphatic heterocycles. The highest BCUT2D eigenvalue weighted by atomic mass is 35.5. The Morgan fingerprint density at radius 2 is 2.00 bits per heavy atom. The van der Waals surface area contributed by atoms with Crippen molar-refractivity contribution in [3.05, 3.63) is 68.9 Å². The third-order valence-electron chi connectivity index (χ3n) is 5.70. The summed E-state index contributed by atoms with van der Waals surface area (Å²) in [5.74, 6) is -0.180. The average molecular weight is 425 g/mol. The van der Waals surface area contributed by atoms with Crippen LogP contribution in [0.4, 0.5) is 0 Å². The van der Waals surface area contributed by atoms with Crippen molar-refractivity contribution < 1.29 is 4.79 Å². The lowest BCUT2D eigenvalue weighted by atomic mass is 9.95. The Bertz CT molecular complexity index is 1120. The molecule has 0 saturated heterocycles. The molecule has 3 aromatic rings. The molecule has 6 nitrogen and oxygen atoms in total. The van der Waals surface area contributed by atoms with Crippen molar-refractivity contribution in [3.8, 4) is 0 Å². The molecule has 0 saturated carbocycles. The molecule has 0 radical (unpaired) electrons. The zero-order chi connectivity index (χ0) is 21.1. The topological polar surface area (TPSA) is 76.9 Å². The minimum absolute atomic E-state index is 0.180. The normalized spacial score (nSPS) is 14.3. The van der Waals surface area contributed by atoms with Crippen LogP contribution in [0.3, 0.4) is 0 Å². The van der Waals surface area contributed by atoms with Crippen LogP contribution in [-0.4, -0.2) is 27.0 Å². The minimum atomic E-state index is -0.601. The van der Waals surface area contributed by atoms with Crippen molar-refractivity contribution in [2.24, 2.45) is 0 Å². The van der Waals surface area contributed by atoms with Crippen LogP contribution < -0.4 is 10.9 Å². The molecule has 30 heavy (non-hydrogen) atoms. The molecular weight excluding hydrogens is 400 g/mol. The van der Waals surface area contributed by atoms with Crippen LogP contribution in [-0.2, 0) is 24.1 Å². The lowest BCUT2D eigenvalue weighted by Crippen LogP contribution is -2.38. The van der Waals surface area contributed by atoms with Crippen molar-refractivity contribution in [2.45, 2.75) is 51.5 Å². The second-order valence-corrected chi connectivity index (χ2v) is 8.16. The number of hydrogen-bond acceptors (Lipinski definition) is 4. The zero-order valence-corrected chi connectivity index (χ0v) is 17.8. The molecule has 1 atom stereocenters. The molecule has 156 valence electrons. The summed E-state index contributed by atoms with van der Waals surface area (Å²) in [4.78, 5) is 34.9. The molecule has 0 spiro atoms. The summed E-state index contributed by atoms with van der Waals surface area (Å²) in [6, 6.07) is 8.87. The molecular formula is C23H25ClN4O2. The summed E-state index contributed by atoms with van der Waals surface area (Å²) in [7, 11) is 0. The monoisotopic (exact) mass is 424 g/mol. The van der Waals surface area contributed by atoms with Gasteiger partial charge in [-0.2, -0.15) is 0 Å². The van der Waals surface area contributed by atoms with Crippen LogP contribution in [0, 0.1) is 0 Å². The number of nitrogens with one attached hydrogen (secondary N) is 1. The number of amides is 1. The first-order valence-corrected chi connectivity index (χ1v) is 10.9. The van der Waals surface area contributed by atoms with E-state index in [1.54, 1.807) is 0 Å². The van der Waals surface area contributed by atoms with E-state index in [0.717, 1.165) is 42.5 Å². The summed E-state index contributed by atoms with van der Waals surface area (Å²) in [5.41, 5.74) is 3.53. The third kappa shape index (κ3) is 4.24. The van der Waals surface area contributed by atoms with E-state index >= 15 is 0 Å². The number of pyridine rings is 1. The second kappa shape index (κ2) is 8.96. The highest BCUT2D eigenvalue weighted by Crippen LogP contribution is 2.22. The van der Waals surface area contributed by atoms with Crippen molar-refractivity contribution >= 4 is 28.5 Å². The lowest BCUT2D eigenvalue weighted by Gasteiger charge is -2.19. The van der Waals surface area contributed by atoms with Gasteiger partial charge >= 0.3 is 0 Å². The van der Waals surface area contributed by atoms with Crippen molar-refractivity contribution in [1.29, 1.82) is 0 Å². The summed E-state index contributed by atoms with van der Waals surface area (Å²) < 4.78 is 1.44. The van der Waals surface area contributed by atoms with Gasteiger partial charge in [-0.05, 0) is 67.9 Å². The Hall–Kier alpha value is -2.73. The quantitative estimate of drug-likeness (QED) is 0.655. The number of benzene rings is 1. The Morgan fingerprint density at radius 3 is 2.77 bits per heavy atom. The van der Waals surface area contributed by atoms with Gasteiger partial charge in [0.25, 0.3) is 5.56 Å². The number of carbonyl (C=O) groups is 1. The van der Waals surface area contributed by atoms with Crippen LogP contribution >= 0.6 is 11.6 Å². The van der Waals surface area contributed by atoms with E-state index in [0.29, 0.717) is 35.4 Å². The van der Waals surface area contributed by atoms with Crippen molar-refractivity contribution in [3.63, 3.8) is 0 Å². The molecule has 7 heteroatoms. The van der Waals surface area contributed by atoms with Gasteiger partial charge < -0.3 is 5.32 Å². The number of aromatic nitrogens is 3. The largest absolute Gasteiger partial charge is 0.354 e. The van der Waals surface area contributed by atoms with Gasteiger partial charge in [-0.3, -0.25) is 14.2 Å². The van der Waals surface area contributed by atoms with Gasteiger partial charge in [0.15, 0.2) is 5.65 Å². The van der Waals surface area contributed by atoms with E-state index in [4.69, 9.17) is 11.6 Å². The Labute approximate surface area is 180 Å². The maximum absolute atomic E-state index is 13.1. The standard InChI is InChI=1S/C23H25ClN4O2/c1-2-20(22(29)25-12-11-15-7-9-17(24)10-8-15)28-14-26-21-18(23(28)30)13-16-5-3-4-6-19(16)27-21/h7-10,13-14,20H,2-6,11-12H2,1H3,(H,25,29). The Kier molecular flexibility index (Phi) is 6.13. The molecule has 1 aliphatic carbocycles. The van der Waals surface area contributed by atoms with Gasteiger partial charge in [-0.25, -0.2) is 9.97 Å². The molecule has 0 bridgehead atoms. The molecule has 1 amide bonds. The summed E-state index contributed by atoms with van der Waals surface area (Å²) in [5, 5.41) is 4.12. The third-order valence-corrected chi connectivity index (χ3v) is 5.95. The van der Waals surface area contributed by atoms with E-state index in [-0.39, 0.29) is 11.5 Å². The fourth-order valence-electron chi connectivity index (χ4n) is 4.02. The van der Waals surface area contributed by atoms with E-state index in [2.05, 4.69) is 15.3 Å². The fraction of sp³-hybridized carbons (Fsp3) is 0.391. The zero-order valence-electron chi connectivity index (χ0n) is 17.0. The van der Waals surface area contributed by atoms with Crippen LogP contribution in [0.1, 0.15) is 49.0 Å². The SMILES string of the molecule is CCC(C(=O)NCCc1ccc(Cl)cc1)n1cnc2nc3c(cc2c1=O)CCCC3. The maximum atomic E-state index is 13.1. The van der Waals surface area contributed by atoms with Crippen molar-refractivity contribution in [2.75, 3.05) is 6.54 Å². The van der Waals surface area contributed by atoms with Crippen LogP contribution in [0.5, 0.6) is 0 Å². The van der Waals surface area contributed by atoms with Gasteiger partial charge in [0.2, 0.25) is 5.91 Å². The summed E-state index contributed by atoms with van der Waals surface area (Å²) >= 11 is 5.91. The Morgan fingerprint density at radius 1 is 1.23 bits per heavy atom. The minimum Gasteiger partial charge on any atom is -0.354 e. The van der Waals surface area contributed by atoms with E-state index in [1.165, 1.54) is 10.9 Å². The van der Waals surface area contributed by atoms with Gasteiger partial charge in [-0.1, -0.05) is 30.7 Å². The van der Waals surface area contributed by atoms with Gasteiger partial charge in [-0.15, -0.1) is 0 Å². The summed E-state index contributed by atoms with van der Waals surface area (Å²) in [6.07, 6.45) is 6.76. The van der Waals surface area contributed by atoms with Gasteiger partial charge in [0.05, 0.1) is 5.39 Å². The molecule has 2 aromatic heterocycles. The van der Waals surface area contributed by atoms with Crippen LogP contribution in [0.15, 0.2) is 41.5 Å². The van der Waals surface area contributed by atoms with Crippen LogP contribution in [0.25, 0.3) is 11.0 Å². The molecule has 1 unspecified atom stereocenters. The molecule has 4 rings (SSSR count). The number of aryl methyl sites for hydroxylation is 2. The highest BCUT2D eigenvalue weighted by Gasteiger charge is 2.22. The first kappa shape index (κ1) is 20.5. The highest BCUT2D eigenvalue weighted by molar-refractivity contribution is 6.30. The lowest BCUT2D eigenvalue weighted by molar-refractivity contribution is -0.124. The fourth-order valence-corrected chi connectivity index (χ4v) is 4.14. The predicted molar refractivity (Wildman–Crippen MR) is 118 cm³/mol. The smallest absolute Gasteiger partial charge is 0.263 e. The maximum Gasteiger partial charge on any atom is 0.263 e. The molecule has 1 aliphatic rings. The predicted octanol–water partition coefficient (Wildman–Crippen LogP) is 3.63. The molecule has 1 aromatic carbocycles. The molecule has 0 fully saturated rings. The average Bonchev–Trinajstić information content (AvgIpc) is 2.76. The number of halogens is 1. The number of hydrogen-bond donors (Lipinski definition) is 1. The number of carbonyl (C=O) groups excluding carboxylic acids is 1. The van der Waals surface area contributed by atoms with Gasteiger partial charge in [0, 0.05) is 17.3 Å². The summed E-state index contributed by atoms with van der Waals surface area (Å²) in [6.45, 7) is 2.38. The molecule has 1 N–H and O–H groups in total. The van der Waals surface area contributed by atoms with E-state index in [1.807, 2.05) is 37.3 Å². The van der Waals surface area contributed by atoms with Crippen LogP contribution in [0.2, 0.25) is 5.02 Å². The Balaban J connectivity index is 1.52. The number of nitrogens with zero attached hydrogens (tertiary/aromatic N) is 3. The second-order valence-electron chi connectivity index (χ2n) is 7.72. The van der Waals surface area contributed by atoms with E-state index in [9.17, 15) is 9.59 Å². The first-order chi connectivity index (χ1) is 14.6. The molecule has 2 heterocycles. The number of fused-ring (bicyclic) bond motifs is 2. The van der Waals surface area contributed by atoms with E-state index < -0.39 is 6.04 Å². The van der Waals surface area contributed by atoms with Gasteiger partial charge in [0.1, 0.15) is 12.4 Å².